The van der Waals surface area contributed by atoms with Gasteiger partial charge in [-0.2, -0.15) is 10.5 Å². The maximum absolute atomic E-state index is 9.21. The van der Waals surface area contributed by atoms with E-state index in [1.165, 1.54) is 37.0 Å². The number of unbranched alkanes of at least 4 members (excludes halogenated alkanes) is 3. The van der Waals surface area contributed by atoms with Crippen LogP contribution in [0.1, 0.15) is 32.6 Å². The molecule has 0 spiro atoms. The lowest BCUT2D eigenvalue weighted by Crippen LogP contribution is -2.13. The van der Waals surface area contributed by atoms with Crippen LogP contribution in [-0.4, -0.2) is 16.4 Å². The highest BCUT2D eigenvalue weighted by Gasteiger charge is 2.07. The summed E-state index contributed by atoms with van der Waals surface area (Å²) in [7, 11) is 0. The molecule has 1 aromatic heterocycles. The lowest BCUT2D eigenvalue weighted by molar-refractivity contribution is 0.468. The highest BCUT2D eigenvalue weighted by atomic mass is 32.1. The molecule has 150 valence electrons. The van der Waals surface area contributed by atoms with E-state index in [4.69, 9.17) is 0 Å². The van der Waals surface area contributed by atoms with Crippen LogP contribution in [-0.2, 0) is 0 Å². The molecule has 4 nitrogen and oxygen atoms in total. The maximum Gasteiger partial charge on any atom is 0.165 e. The molecule has 1 aromatic carbocycles. The van der Waals surface area contributed by atoms with Gasteiger partial charge >= 0.3 is 0 Å². The van der Waals surface area contributed by atoms with Crippen molar-refractivity contribution in [3.05, 3.63) is 75.7 Å². The lowest BCUT2D eigenvalue weighted by Gasteiger charge is -2.18. The summed E-state index contributed by atoms with van der Waals surface area (Å²) in [6.45, 7) is 3.27. The van der Waals surface area contributed by atoms with Crippen LogP contribution in [0.3, 0.4) is 0 Å². The lowest BCUT2D eigenvalue weighted by atomic mass is 10.1. The fourth-order valence-electron chi connectivity index (χ4n) is 3.10. The Balaban J connectivity index is 1.87. The largest absolute Gasteiger partial charge is 0.354 e. The minimum Gasteiger partial charge on any atom is -0.354 e. The van der Waals surface area contributed by atoms with Crippen LogP contribution in [0.2, 0.25) is 0 Å². The molecule has 5 heteroatoms. The Labute approximate surface area is 181 Å². The molecule has 1 aliphatic heterocycles. The van der Waals surface area contributed by atoms with Gasteiger partial charge in [0.15, 0.2) is 5.57 Å². The molecule has 0 aliphatic carbocycles. The normalized spacial score (nSPS) is 13.2. The van der Waals surface area contributed by atoms with Crippen molar-refractivity contribution >= 4 is 23.0 Å². The van der Waals surface area contributed by atoms with Gasteiger partial charge in [-0.15, -0.1) is 11.3 Å². The molecule has 2 heterocycles. The number of aromatic nitrogens is 1. The Hall–Kier alpha value is -3.41. The van der Waals surface area contributed by atoms with Crippen LogP contribution in [0, 0.1) is 22.7 Å². The molecule has 0 amide bonds. The van der Waals surface area contributed by atoms with Gasteiger partial charge in [0, 0.05) is 24.5 Å². The van der Waals surface area contributed by atoms with Gasteiger partial charge in [-0.05, 0) is 30.2 Å². The molecule has 0 N–H and O–H groups in total. The third-order valence-corrected chi connectivity index (χ3v) is 5.79. The number of hydrogen-bond acceptors (Lipinski definition) is 5. The third kappa shape index (κ3) is 5.56. The predicted octanol–water partition coefficient (Wildman–Crippen LogP) is 4.64. The minimum atomic E-state index is 0.0423. The van der Waals surface area contributed by atoms with Gasteiger partial charge in [0.05, 0.1) is 10.2 Å². The topological polar surface area (TPSA) is 63.7 Å². The van der Waals surface area contributed by atoms with Crippen molar-refractivity contribution in [2.45, 2.75) is 32.6 Å². The second-order valence-electron chi connectivity index (χ2n) is 6.96. The summed E-state index contributed by atoms with van der Waals surface area (Å²) in [5, 5.41) is 18.4. The number of thiazole rings is 1. The van der Waals surface area contributed by atoms with Crippen molar-refractivity contribution in [1.82, 2.24) is 9.88 Å². The van der Waals surface area contributed by atoms with Crippen LogP contribution in [0.5, 0.6) is 0 Å². The Kier molecular flexibility index (Phi) is 7.78. The molecule has 3 rings (SSSR count). The summed E-state index contributed by atoms with van der Waals surface area (Å²) in [6.07, 6.45) is 17.5. The zero-order valence-corrected chi connectivity index (χ0v) is 17.9. The molecule has 0 fully saturated rings. The first-order chi connectivity index (χ1) is 14.7. The summed E-state index contributed by atoms with van der Waals surface area (Å²) in [5.41, 5.74) is 2.89. The molecule has 0 radical (unpaired) electrons. The molecule has 1 aliphatic rings. The number of rotatable bonds is 7. The molecular weight excluding hydrogens is 388 g/mol. The summed E-state index contributed by atoms with van der Waals surface area (Å²) in [5.74, 6) is 0. The first kappa shape index (κ1) is 21.3. The summed E-state index contributed by atoms with van der Waals surface area (Å²) < 4.78 is 1.38. The number of nitriles is 2. The van der Waals surface area contributed by atoms with Crippen LogP contribution < -0.4 is 9.20 Å². The Bertz CT molecular complexity index is 1120. The van der Waals surface area contributed by atoms with Crippen LogP contribution in [0.25, 0.3) is 22.9 Å². The average Bonchev–Trinajstić information content (AvgIpc) is 3.21. The SMILES string of the molecule is CCCCCCN1C=CC(=C/C=c2\sc(=C(C#N)C#N)nc2-c2ccccc2)C=C1. The van der Waals surface area contributed by atoms with Crippen molar-refractivity contribution in [2.75, 3.05) is 6.54 Å². The Morgan fingerprint density at radius 1 is 1.03 bits per heavy atom. The van der Waals surface area contributed by atoms with Gasteiger partial charge in [-0.1, -0.05) is 62.6 Å². The van der Waals surface area contributed by atoms with Crippen molar-refractivity contribution in [3.63, 3.8) is 0 Å². The number of hydrogen-bond donors (Lipinski definition) is 0. The van der Waals surface area contributed by atoms with E-state index >= 15 is 0 Å². The third-order valence-electron chi connectivity index (χ3n) is 4.75. The minimum absolute atomic E-state index is 0.0423. The molecule has 0 atom stereocenters. The molecule has 0 saturated carbocycles. The van der Waals surface area contributed by atoms with Gasteiger partial charge in [-0.25, -0.2) is 4.98 Å². The van der Waals surface area contributed by atoms with Crippen molar-refractivity contribution in [2.24, 2.45) is 0 Å². The predicted molar refractivity (Wildman–Crippen MR) is 123 cm³/mol. The molecule has 2 aromatic rings. The summed E-state index contributed by atoms with van der Waals surface area (Å²) >= 11 is 1.36. The number of nitrogens with zero attached hydrogens (tertiary/aromatic N) is 4. The van der Waals surface area contributed by atoms with Gasteiger partial charge < -0.3 is 4.90 Å². The van der Waals surface area contributed by atoms with E-state index in [2.05, 4.69) is 41.4 Å². The van der Waals surface area contributed by atoms with Crippen LogP contribution >= 0.6 is 11.3 Å². The van der Waals surface area contributed by atoms with E-state index in [0.29, 0.717) is 4.66 Å². The second-order valence-corrected chi connectivity index (χ2v) is 7.99. The number of benzene rings is 1. The van der Waals surface area contributed by atoms with Crippen LogP contribution in [0.15, 0.2) is 66.5 Å². The van der Waals surface area contributed by atoms with Gasteiger partial charge in [-0.3, -0.25) is 0 Å². The van der Waals surface area contributed by atoms with E-state index in [1.807, 2.05) is 54.6 Å². The van der Waals surface area contributed by atoms with Crippen molar-refractivity contribution in [3.8, 4) is 23.4 Å². The maximum atomic E-state index is 9.21. The first-order valence-corrected chi connectivity index (χ1v) is 11.0. The van der Waals surface area contributed by atoms with Gasteiger partial charge in [0.25, 0.3) is 0 Å². The van der Waals surface area contributed by atoms with E-state index in [-0.39, 0.29) is 5.57 Å². The molecular formula is C25H24N4S. The Morgan fingerprint density at radius 2 is 1.77 bits per heavy atom. The van der Waals surface area contributed by atoms with Crippen LogP contribution in [0.4, 0.5) is 0 Å². The highest BCUT2D eigenvalue weighted by Crippen LogP contribution is 2.14. The quantitative estimate of drug-likeness (QED) is 0.622. The monoisotopic (exact) mass is 412 g/mol. The smallest absolute Gasteiger partial charge is 0.165 e. The van der Waals surface area contributed by atoms with Crippen molar-refractivity contribution in [1.29, 1.82) is 10.5 Å². The van der Waals surface area contributed by atoms with E-state index in [0.717, 1.165) is 27.9 Å². The Morgan fingerprint density at radius 3 is 2.43 bits per heavy atom. The second kappa shape index (κ2) is 11.0. The molecule has 0 unspecified atom stereocenters. The average molecular weight is 413 g/mol. The van der Waals surface area contributed by atoms with Gasteiger partial charge in [0.1, 0.15) is 16.8 Å². The fraction of sp³-hybridized carbons (Fsp3) is 0.240. The summed E-state index contributed by atoms with van der Waals surface area (Å²) in [4.78, 5) is 6.80. The van der Waals surface area contributed by atoms with E-state index < -0.39 is 0 Å². The molecule has 0 bridgehead atoms. The van der Waals surface area contributed by atoms with E-state index in [1.54, 1.807) is 0 Å². The van der Waals surface area contributed by atoms with Crippen molar-refractivity contribution < 1.29 is 0 Å². The highest BCUT2D eigenvalue weighted by molar-refractivity contribution is 7.08. The summed E-state index contributed by atoms with van der Waals surface area (Å²) in [6, 6.07) is 13.7. The molecule has 30 heavy (non-hydrogen) atoms. The molecule has 0 saturated heterocycles. The standard InChI is InChI=1S/C25H24N4S/c1-2-3-4-8-15-29-16-13-20(14-17-29)11-12-23-24(21-9-6-5-7-10-21)28-25(30-23)22(18-26)19-27/h5-7,9-14,16-17H,2-4,8,15H2,1H3/b23-12-. The zero-order valence-electron chi connectivity index (χ0n) is 17.1. The van der Waals surface area contributed by atoms with E-state index in [9.17, 15) is 10.5 Å². The van der Waals surface area contributed by atoms with Gasteiger partial charge in [0.2, 0.25) is 0 Å². The first-order valence-electron chi connectivity index (χ1n) is 10.2. The fourth-order valence-corrected chi connectivity index (χ4v) is 4.03. The zero-order chi connectivity index (χ0) is 21.2. The number of allylic oxidation sites excluding steroid dienone is 4.